The monoisotopic (exact) mass is 650 g/mol. The van der Waals surface area contributed by atoms with Crippen LogP contribution in [-0.2, 0) is 36.8 Å². The van der Waals surface area contributed by atoms with Gasteiger partial charge >= 0.3 is 11.9 Å². The first-order chi connectivity index (χ1) is 23.3. The number of methoxy groups -OCH3 is 4. The Balaban J connectivity index is 0.000000188. The molecule has 0 saturated carbocycles. The van der Waals surface area contributed by atoms with Crippen molar-refractivity contribution in [2.45, 2.75) is 13.2 Å². The van der Waals surface area contributed by atoms with Crippen LogP contribution in [0.4, 0.5) is 0 Å². The molecule has 0 N–H and O–H groups in total. The molecule has 10 nitrogen and oxygen atoms in total. The van der Waals surface area contributed by atoms with E-state index in [1.807, 2.05) is 84.9 Å². The van der Waals surface area contributed by atoms with Crippen LogP contribution in [0.2, 0.25) is 0 Å². The van der Waals surface area contributed by atoms with Gasteiger partial charge in [0.25, 0.3) is 0 Å². The van der Waals surface area contributed by atoms with E-state index in [2.05, 4.69) is 0 Å². The lowest BCUT2D eigenvalue weighted by molar-refractivity contribution is 0.0581. The number of hydrogen-bond acceptors (Lipinski definition) is 8. The topological polar surface area (TPSA) is 99.4 Å². The molecule has 0 aliphatic rings. The van der Waals surface area contributed by atoms with Gasteiger partial charge < -0.3 is 37.6 Å². The average molecular weight is 651 g/mol. The molecule has 4 aromatic carbocycles. The number of carbonyl (C=O) groups excluding carboxylic acids is 2. The molecule has 0 saturated heterocycles. The molecule has 0 amide bonds. The predicted molar refractivity (Wildman–Crippen MR) is 183 cm³/mol. The molecule has 0 unspecified atom stereocenters. The summed E-state index contributed by atoms with van der Waals surface area (Å²) in [5.41, 5.74) is 4.63. The Hall–Kier alpha value is -5.90. The van der Waals surface area contributed by atoms with E-state index >= 15 is 0 Å². The molecular formula is C38H38N2O8. The lowest BCUT2D eigenvalue weighted by atomic mass is 10.2. The van der Waals surface area contributed by atoms with Crippen LogP contribution in [0.25, 0.3) is 21.8 Å². The molecule has 10 heteroatoms. The van der Waals surface area contributed by atoms with Gasteiger partial charge in [-0.15, -0.1) is 0 Å². The molecule has 0 aliphatic heterocycles. The summed E-state index contributed by atoms with van der Waals surface area (Å²) >= 11 is 0. The summed E-state index contributed by atoms with van der Waals surface area (Å²) < 4.78 is 36.0. The van der Waals surface area contributed by atoms with E-state index in [0.717, 1.165) is 32.9 Å². The quantitative estimate of drug-likeness (QED) is 0.145. The summed E-state index contributed by atoms with van der Waals surface area (Å²) in [6.07, 6.45) is 0. The van der Waals surface area contributed by atoms with E-state index in [1.54, 1.807) is 49.6 Å². The number of nitrogens with zero attached hydrogens (tertiary/aromatic N) is 2. The van der Waals surface area contributed by atoms with Crippen molar-refractivity contribution in [3.63, 3.8) is 0 Å². The van der Waals surface area contributed by atoms with Gasteiger partial charge in [0.2, 0.25) is 0 Å². The van der Waals surface area contributed by atoms with Gasteiger partial charge in [-0.05, 0) is 47.5 Å². The fraction of sp³-hybridized carbons (Fsp3) is 0.211. The maximum Gasteiger partial charge on any atom is 0.354 e. The van der Waals surface area contributed by atoms with Crippen molar-refractivity contribution < 1.29 is 38.0 Å². The van der Waals surface area contributed by atoms with Gasteiger partial charge in [-0.1, -0.05) is 60.7 Å². The van der Waals surface area contributed by atoms with Gasteiger partial charge in [0, 0.05) is 24.9 Å². The molecule has 6 rings (SSSR count). The van der Waals surface area contributed by atoms with Crippen LogP contribution in [0, 0.1) is 0 Å². The molecule has 6 aromatic rings. The number of hydrogen-bond donors (Lipinski definition) is 0. The number of ether oxygens (including phenoxy) is 6. The number of esters is 2. The molecule has 0 fully saturated rings. The van der Waals surface area contributed by atoms with Crippen LogP contribution in [0.15, 0.2) is 97.1 Å². The van der Waals surface area contributed by atoms with Gasteiger partial charge in [-0.25, -0.2) is 9.59 Å². The molecule has 0 bridgehead atoms. The van der Waals surface area contributed by atoms with Gasteiger partial charge in [0.15, 0.2) is 0 Å². The lowest BCUT2D eigenvalue weighted by Crippen LogP contribution is -2.07. The summed E-state index contributed by atoms with van der Waals surface area (Å²) in [6, 6.07) is 30.8. The first kappa shape index (κ1) is 33.5. The van der Waals surface area contributed by atoms with E-state index in [0.29, 0.717) is 47.6 Å². The van der Waals surface area contributed by atoms with Gasteiger partial charge in [-0.2, -0.15) is 0 Å². The zero-order valence-corrected chi connectivity index (χ0v) is 27.8. The molecule has 48 heavy (non-hydrogen) atoms. The van der Waals surface area contributed by atoms with Crippen LogP contribution < -0.4 is 18.9 Å². The second-order valence-electron chi connectivity index (χ2n) is 10.8. The normalized spacial score (nSPS) is 10.6. The SMILES string of the molecule is COC(=O)c1cc2c(OCc3ccccc3)ccc(OC)c2n1C.COC(=O)c1cc2c(OCc3ccccc3)ccc(OC)c2n1C. The molecule has 0 aliphatic carbocycles. The van der Waals surface area contributed by atoms with E-state index < -0.39 is 11.9 Å². The third-order valence-electron chi connectivity index (χ3n) is 7.94. The first-order valence-corrected chi connectivity index (χ1v) is 15.1. The average Bonchev–Trinajstić information content (AvgIpc) is 3.67. The Labute approximate surface area is 278 Å². The highest BCUT2D eigenvalue weighted by atomic mass is 16.5. The largest absolute Gasteiger partial charge is 0.495 e. The van der Waals surface area contributed by atoms with Crippen molar-refractivity contribution >= 4 is 33.7 Å². The maximum atomic E-state index is 12.0. The summed E-state index contributed by atoms with van der Waals surface area (Å²) in [5.74, 6) is 1.94. The fourth-order valence-electron chi connectivity index (χ4n) is 5.47. The van der Waals surface area contributed by atoms with Crippen molar-refractivity contribution in [2.24, 2.45) is 14.1 Å². The second-order valence-corrected chi connectivity index (χ2v) is 10.8. The van der Waals surface area contributed by atoms with Crippen LogP contribution in [0.3, 0.4) is 0 Å². The highest BCUT2D eigenvalue weighted by Gasteiger charge is 2.21. The Morgan fingerprint density at radius 3 is 1.21 bits per heavy atom. The van der Waals surface area contributed by atoms with E-state index in [4.69, 9.17) is 28.4 Å². The standard InChI is InChI=1S/2C19H19NO4/c2*1-20-15(19(21)23-3)11-14-16(9-10-17(22-2)18(14)20)24-12-13-7-5-4-6-8-13/h2*4-11H,12H2,1-3H3. The summed E-state index contributed by atoms with van der Waals surface area (Å²) in [4.78, 5) is 23.9. The Bertz CT molecular complexity index is 1880. The van der Waals surface area contributed by atoms with Gasteiger partial charge in [0.1, 0.15) is 47.6 Å². The summed E-state index contributed by atoms with van der Waals surface area (Å²) in [6.45, 7) is 0.898. The molecule has 0 spiro atoms. The minimum Gasteiger partial charge on any atom is -0.495 e. The molecule has 0 radical (unpaired) electrons. The minimum absolute atomic E-state index is 0.398. The second kappa shape index (κ2) is 15.1. The lowest BCUT2D eigenvalue weighted by Gasteiger charge is -2.11. The Morgan fingerprint density at radius 2 is 0.875 bits per heavy atom. The highest BCUT2D eigenvalue weighted by molar-refractivity contribution is 6.01. The summed E-state index contributed by atoms with van der Waals surface area (Å²) in [5, 5.41) is 1.63. The van der Waals surface area contributed by atoms with Crippen molar-refractivity contribution in [2.75, 3.05) is 28.4 Å². The van der Waals surface area contributed by atoms with E-state index in [-0.39, 0.29) is 0 Å². The van der Waals surface area contributed by atoms with E-state index in [9.17, 15) is 9.59 Å². The number of aromatic nitrogens is 2. The molecular weight excluding hydrogens is 612 g/mol. The van der Waals surface area contributed by atoms with Crippen molar-refractivity contribution in [1.29, 1.82) is 0 Å². The molecule has 2 heterocycles. The third-order valence-corrected chi connectivity index (χ3v) is 7.94. The van der Waals surface area contributed by atoms with Gasteiger partial charge in [-0.3, -0.25) is 0 Å². The molecule has 2 aromatic heterocycles. The molecule has 0 atom stereocenters. The third kappa shape index (κ3) is 6.92. The van der Waals surface area contributed by atoms with Crippen molar-refractivity contribution in [1.82, 2.24) is 9.13 Å². The number of benzene rings is 4. The Morgan fingerprint density at radius 1 is 0.521 bits per heavy atom. The first-order valence-electron chi connectivity index (χ1n) is 15.1. The fourth-order valence-corrected chi connectivity index (χ4v) is 5.47. The maximum absolute atomic E-state index is 12.0. The molecule has 248 valence electrons. The number of rotatable bonds is 10. The highest BCUT2D eigenvalue weighted by Crippen LogP contribution is 2.37. The summed E-state index contributed by atoms with van der Waals surface area (Å²) in [7, 11) is 9.54. The van der Waals surface area contributed by atoms with E-state index in [1.165, 1.54) is 14.2 Å². The van der Waals surface area contributed by atoms with Crippen molar-refractivity contribution in [3.05, 3.63) is 120 Å². The predicted octanol–water partition coefficient (Wildman–Crippen LogP) is 7.11. The van der Waals surface area contributed by atoms with Crippen LogP contribution in [0.1, 0.15) is 32.1 Å². The van der Waals surface area contributed by atoms with Gasteiger partial charge in [0.05, 0.1) is 39.5 Å². The Kier molecular flexibility index (Phi) is 10.5. The van der Waals surface area contributed by atoms with Crippen molar-refractivity contribution in [3.8, 4) is 23.0 Å². The number of aryl methyl sites for hydroxylation is 2. The number of fused-ring (bicyclic) bond motifs is 2. The van der Waals surface area contributed by atoms with Crippen LogP contribution in [0.5, 0.6) is 23.0 Å². The zero-order chi connectivity index (χ0) is 34.2. The minimum atomic E-state index is -0.398. The van der Waals surface area contributed by atoms with Crippen LogP contribution in [-0.4, -0.2) is 49.5 Å². The zero-order valence-electron chi connectivity index (χ0n) is 27.8. The number of carbonyl (C=O) groups is 2. The smallest absolute Gasteiger partial charge is 0.354 e. The van der Waals surface area contributed by atoms with Crippen LogP contribution >= 0.6 is 0 Å².